The lowest BCUT2D eigenvalue weighted by molar-refractivity contribution is -0.137. The zero-order chi connectivity index (χ0) is 18.2. The Hall–Kier alpha value is -2.53. The van der Waals surface area contributed by atoms with E-state index in [2.05, 4.69) is 5.10 Å². The molecule has 1 unspecified atom stereocenters. The summed E-state index contributed by atoms with van der Waals surface area (Å²) in [6, 6.07) is 5.40. The van der Waals surface area contributed by atoms with Crippen molar-refractivity contribution in [2.45, 2.75) is 18.7 Å². The van der Waals surface area contributed by atoms with Crippen LogP contribution in [0.15, 0.2) is 30.6 Å². The number of nitriles is 1. The van der Waals surface area contributed by atoms with Crippen LogP contribution in [0.1, 0.15) is 23.6 Å². The van der Waals surface area contributed by atoms with E-state index in [-0.39, 0.29) is 5.56 Å². The lowest BCUT2D eigenvalue weighted by Crippen LogP contribution is -2.48. The van der Waals surface area contributed by atoms with Gasteiger partial charge in [-0.15, -0.1) is 0 Å². The number of nitrogens with zero attached hydrogens (tertiary/aromatic N) is 4. The Morgan fingerprint density at radius 2 is 2.12 bits per heavy atom. The third-order valence-electron chi connectivity index (χ3n) is 4.38. The van der Waals surface area contributed by atoms with Crippen molar-refractivity contribution in [1.82, 2.24) is 9.78 Å². The maximum Gasteiger partial charge on any atom is 0.417 e. The summed E-state index contributed by atoms with van der Waals surface area (Å²) in [5.74, 6) is 0. The molecule has 1 fully saturated rings. The van der Waals surface area contributed by atoms with Crippen molar-refractivity contribution in [3.63, 3.8) is 0 Å². The molecule has 1 atom stereocenters. The lowest BCUT2D eigenvalue weighted by Gasteiger charge is -2.41. The predicted molar refractivity (Wildman–Crippen MR) is 84.9 cm³/mol. The molecule has 1 aliphatic heterocycles. The average Bonchev–Trinajstić information content (AvgIpc) is 3.01. The summed E-state index contributed by atoms with van der Waals surface area (Å²) in [5, 5.41) is 13.1. The minimum Gasteiger partial charge on any atom is -0.367 e. The highest BCUT2D eigenvalue weighted by molar-refractivity contribution is 5.55. The van der Waals surface area contributed by atoms with Crippen molar-refractivity contribution in [2.75, 3.05) is 24.6 Å². The van der Waals surface area contributed by atoms with Crippen LogP contribution in [0.2, 0.25) is 0 Å². The molecule has 3 rings (SSSR count). The normalized spacial score (nSPS) is 21.2. The topological polar surface area (TPSA) is 54.1 Å². The number of rotatable bonds is 2. The quantitative estimate of drug-likeness (QED) is 0.835. The van der Waals surface area contributed by atoms with Gasteiger partial charge in [-0.3, -0.25) is 4.68 Å². The Balaban J connectivity index is 1.93. The van der Waals surface area contributed by atoms with Crippen molar-refractivity contribution in [3.8, 4) is 6.07 Å². The summed E-state index contributed by atoms with van der Waals surface area (Å²) >= 11 is 0. The highest BCUT2D eigenvalue weighted by Crippen LogP contribution is 2.36. The number of morpholine rings is 1. The molecule has 1 saturated heterocycles. The van der Waals surface area contributed by atoms with E-state index in [1.165, 1.54) is 6.07 Å². The minimum absolute atomic E-state index is 0.375. The largest absolute Gasteiger partial charge is 0.417 e. The molecule has 1 aliphatic rings. The number of ether oxygens (including phenoxy) is 1. The molecule has 0 aliphatic carbocycles. The second-order valence-electron chi connectivity index (χ2n) is 6.24. The molecule has 132 valence electrons. The van der Waals surface area contributed by atoms with E-state index in [0.717, 1.165) is 11.6 Å². The summed E-state index contributed by atoms with van der Waals surface area (Å²) < 4.78 is 47.1. The van der Waals surface area contributed by atoms with Gasteiger partial charge in [0.2, 0.25) is 0 Å². The van der Waals surface area contributed by atoms with E-state index >= 15 is 0 Å². The Kier molecular flexibility index (Phi) is 4.21. The van der Waals surface area contributed by atoms with E-state index in [9.17, 15) is 13.2 Å². The Morgan fingerprint density at radius 1 is 1.36 bits per heavy atom. The van der Waals surface area contributed by atoms with Crippen molar-refractivity contribution in [1.29, 1.82) is 5.26 Å². The van der Waals surface area contributed by atoms with Crippen molar-refractivity contribution in [3.05, 3.63) is 47.3 Å². The van der Waals surface area contributed by atoms with Gasteiger partial charge in [-0.2, -0.15) is 23.5 Å². The van der Waals surface area contributed by atoms with Crippen molar-refractivity contribution >= 4 is 5.69 Å². The van der Waals surface area contributed by atoms with E-state index in [4.69, 9.17) is 10.00 Å². The third kappa shape index (κ3) is 3.33. The Labute approximate surface area is 143 Å². The Morgan fingerprint density at radius 3 is 2.72 bits per heavy atom. The van der Waals surface area contributed by atoms with E-state index in [1.54, 1.807) is 30.1 Å². The first-order valence-corrected chi connectivity index (χ1v) is 7.72. The molecular weight excluding hydrogens is 333 g/mol. The van der Waals surface area contributed by atoms with Gasteiger partial charge in [0.25, 0.3) is 0 Å². The van der Waals surface area contributed by atoms with Gasteiger partial charge in [-0.25, -0.2) is 0 Å². The first-order chi connectivity index (χ1) is 11.7. The molecule has 0 radical (unpaired) electrons. The van der Waals surface area contributed by atoms with Gasteiger partial charge in [0.05, 0.1) is 36.5 Å². The number of anilines is 1. The molecule has 2 aromatic rings. The molecular formula is C17H17F3N4O. The molecule has 0 spiro atoms. The SMILES string of the molecule is Cn1cc(C2(C)CN(c3ccc(C#N)c(C(F)(F)F)c3)CCO2)cn1. The molecule has 25 heavy (non-hydrogen) atoms. The number of aromatic nitrogens is 2. The summed E-state index contributed by atoms with van der Waals surface area (Å²) in [6.45, 7) is 3.14. The van der Waals surface area contributed by atoms with Gasteiger partial charge in [-0.1, -0.05) is 0 Å². The van der Waals surface area contributed by atoms with Crippen molar-refractivity contribution in [2.24, 2.45) is 7.05 Å². The monoisotopic (exact) mass is 350 g/mol. The van der Waals surface area contributed by atoms with Gasteiger partial charge < -0.3 is 9.64 Å². The second kappa shape index (κ2) is 6.08. The summed E-state index contributed by atoms with van der Waals surface area (Å²) in [4.78, 5) is 1.84. The number of aryl methyl sites for hydroxylation is 1. The zero-order valence-electron chi connectivity index (χ0n) is 13.8. The molecule has 0 bridgehead atoms. The van der Waals surface area contributed by atoms with Gasteiger partial charge >= 0.3 is 6.18 Å². The number of halogens is 3. The maximum atomic E-state index is 13.2. The van der Waals surface area contributed by atoms with Gasteiger partial charge in [0, 0.05) is 31.0 Å². The molecule has 1 aromatic heterocycles. The first kappa shape index (κ1) is 17.3. The smallest absolute Gasteiger partial charge is 0.367 e. The lowest BCUT2D eigenvalue weighted by atomic mass is 9.96. The van der Waals surface area contributed by atoms with E-state index < -0.39 is 17.3 Å². The fourth-order valence-electron chi connectivity index (χ4n) is 3.02. The highest BCUT2D eigenvalue weighted by atomic mass is 19.4. The zero-order valence-corrected chi connectivity index (χ0v) is 13.8. The number of benzene rings is 1. The van der Waals surface area contributed by atoms with Crippen LogP contribution in [-0.4, -0.2) is 29.5 Å². The molecule has 2 heterocycles. The first-order valence-electron chi connectivity index (χ1n) is 7.72. The van der Waals surface area contributed by atoms with Gasteiger partial charge in [-0.05, 0) is 25.1 Å². The van der Waals surface area contributed by atoms with Crippen LogP contribution < -0.4 is 4.90 Å². The number of alkyl halides is 3. The van der Waals surface area contributed by atoms with Gasteiger partial charge in [0.1, 0.15) is 5.60 Å². The fraction of sp³-hybridized carbons (Fsp3) is 0.412. The molecule has 0 N–H and O–H groups in total. The molecule has 0 amide bonds. The maximum absolute atomic E-state index is 13.2. The van der Waals surface area contributed by atoms with Gasteiger partial charge in [0.15, 0.2) is 0 Å². The van der Waals surface area contributed by atoms with Crippen LogP contribution in [0, 0.1) is 11.3 Å². The fourth-order valence-corrected chi connectivity index (χ4v) is 3.02. The molecule has 5 nitrogen and oxygen atoms in total. The van der Waals surface area contributed by atoms with Crippen LogP contribution in [0.4, 0.5) is 18.9 Å². The molecule has 1 aromatic carbocycles. The molecule has 8 heteroatoms. The summed E-state index contributed by atoms with van der Waals surface area (Å²) in [7, 11) is 1.80. The summed E-state index contributed by atoms with van der Waals surface area (Å²) in [5.41, 5.74) is -0.672. The van der Waals surface area contributed by atoms with Crippen molar-refractivity contribution < 1.29 is 17.9 Å². The van der Waals surface area contributed by atoms with E-state index in [1.807, 2.05) is 18.0 Å². The molecule has 0 saturated carbocycles. The second-order valence-corrected chi connectivity index (χ2v) is 6.24. The Bertz CT molecular complexity index is 824. The van der Waals surface area contributed by atoms with Crippen LogP contribution in [0.25, 0.3) is 0 Å². The highest BCUT2D eigenvalue weighted by Gasteiger charge is 2.37. The summed E-state index contributed by atoms with van der Waals surface area (Å²) in [6.07, 6.45) is -1.03. The third-order valence-corrected chi connectivity index (χ3v) is 4.38. The predicted octanol–water partition coefficient (Wildman–Crippen LogP) is 3.06. The minimum atomic E-state index is -4.57. The standard InChI is InChI=1S/C17H17F3N4O/c1-16(13-9-22-23(2)10-13)11-24(5-6-25-16)14-4-3-12(8-21)15(7-14)17(18,19)20/h3-4,7,9-10H,5-6,11H2,1-2H3. The van der Waals surface area contributed by atoms with E-state index in [0.29, 0.717) is 25.4 Å². The van der Waals surface area contributed by atoms with Crippen LogP contribution in [0.3, 0.4) is 0 Å². The van der Waals surface area contributed by atoms with Crippen LogP contribution >= 0.6 is 0 Å². The number of hydrogen-bond donors (Lipinski definition) is 0. The van der Waals surface area contributed by atoms with Crippen LogP contribution in [0.5, 0.6) is 0 Å². The average molecular weight is 350 g/mol. The van der Waals surface area contributed by atoms with Crippen LogP contribution in [-0.2, 0) is 23.6 Å². The number of hydrogen-bond acceptors (Lipinski definition) is 4.